The van der Waals surface area contributed by atoms with Gasteiger partial charge >= 0.3 is 18.0 Å². The van der Waals surface area contributed by atoms with Crippen molar-refractivity contribution >= 4 is 18.0 Å². The first-order chi connectivity index (χ1) is 8.62. The number of amides is 1. The zero-order chi connectivity index (χ0) is 15.2. The smallest absolute Gasteiger partial charge is 0.410 e. The molecule has 1 amide bonds. The molecule has 0 radical (unpaired) electrons. The molecule has 0 rings (SSSR count). The molecule has 0 fully saturated rings. The predicted molar refractivity (Wildman–Crippen MR) is 66.4 cm³/mol. The average Bonchev–Trinajstić information content (AvgIpc) is 2.31. The largest absolute Gasteiger partial charge is 0.469 e. The monoisotopic (exact) mass is 275 g/mol. The van der Waals surface area contributed by atoms with E-state index in [1.165, 1.54) is 21.3 Å². The van der Waals surface area contributed by atoms with Crippen molar-refractivity contribution in [3.8, 4) is 0 Å². The number of methoxy groups -OCH3 is 2. The van der Waals surface area contributed by atoms with Crippen LogP contribution in [0.5, 0.6) is 0 Å². The van der Waals surface area contributed by atoms with Gasteiger partial charge in [0.1, 0.15) is 11.6 Å². The van der Waals surface area contributed by atoms with Crippen LogP contribution >= 0.6 is 0 Å². The number of nitrogens with zero attached hydrogens (tertiary/aromatic N) is 1. The minimum Gasteiger partial charge on any atom is -0.469 e. The zero-order valence-electron chi connectivity index (χ0n) is 12.2. The summed E-state index contributed by atoms with van der Waals surface area (Å²) in [7, 11) is 3.73. The number of carbonyl (C=O) groups is 3. The number of rotatable bonds is 4. The number of hydrogen-bond acceptors (Lipinski definition) is 6. The second-order valence-corrected chi connectivity index (χ2v) is 4.91. The molecule has 0 saturated carbocycles. The number of esters is 2. The van der Waals surface area contributed by atoms with Crippen LogP contribution in [0.3, 0.4) is 0 Å². The van der Waals surface area contributed by atoms with E-state index in [0.717, 1.165) is 4.90 Å². The van der Waals surface area contributed by atoms with Crippen LogP contribution in [0, 0.1) is 0 Å². The molecule has 0 bridgehead atoms. The van der Waals surface area contributed by atoms with Gasteiger partial charge in [-0.2, -0.15) is 0 Å². The number of carbonyl (C=O) groups excluding carboxylic acids is 3. The fourth-order valence-electron chi connectivity index (χ4n) is 1.22. The van der Waals surface area contributed by atoms with E-state index in [0.29, 0.717) is 0 Å². The number of hydrogen-bond donors (Lipinski definition) is 0. The maximum absolute atomic E-state index is 11.8. The molecule has 0 aromatic heterocycles. The van der Waals surface area contributed by atoms with E-state index >= 15 is 0 Å². The van der Waals surface area contributed by atoms with Crippen LogP contribution in [0.1, 0.15) is 27.2 Å². The van der Waals surface area contributed by atoms with Gasteiger partial charge < -0.3 is 14.2 Å². The Morgan fingerprint density at radius 2 is 1.63 bits per heavy atom. The number of likely N-dealkylation sites (N-methyl/N-ethyl adjacent to an activating group) is 1. The van der Waals surface area contributed by atoms with Gasteiger partial charge in [0.25, 0.3) is 0 Å². The van der Waals surface area contributed by atoms with Gasteiger partial charge in [-0.15, -0.1) is 0 Å². The van der Waals surface area contributed by atoms with Crippen molar-refractivity contribution in [2.45, 2.75) is 38.8 Å². The quantitative estimate of drug-likeness (QED) is 0.561. The molecule has 0 aromatic rings. The lowest BCUT2D eigenvalue weighted by Gasteiger charge is -2.28. The van der Waals surface area contributed by atoms with Crippen molar-refractivity contribution in [2.75, 3.05) is 21.3 Å². The average molecular weight is 275 g/mol. The van der Waals surface area contributed by atoms with Gasteiger partial charge in [0.2, 0.25) is 0 Å². The fourth-order valence-corrected chi connectivity index (χ4v) is 1.22. The summed E-state index contributed by atoms with van der Waals surface area (Å²) in [5.74, 6) is -1.33. The van der Waals surface area contributed by atoms with Crippen LogP contribution in [0.4, 0.5) is 4.79 Å². The molecule has 0 heterocycles. The third kappa shape index (κ3) is 6.08. The molecule has 1 atom stereocenters. The van der Waals surface area contributed by atoms with Gasteiger partial charge in [-0.05, 0) is 20.8 Å². The summed E-state index contributed by atoms with van der Waals surface area (Å²) in [5.41, 5.74) is -0.697. The van der Waals surface area contributed by atoms with Crippen molar-refractivity contribution in [3.63, 3.8) is 0 Å². The SMILES string of the molecule is COC(=O)C[C@@H](C(=O)OC)N(C)C(=O)OC(C)(C)C. The highest BCUT2D eigenvalue weighted by atomic mass is 16.6. The van der Waals surface area contributed by atoms with Crippen LogP contribution in [0.25, 0.3) is 0 Å². The third-order valence-electron chi connectivity index (χ3n) is 2.21. The van der Waals surface area contributed by atoms with Crippen LogP contribution in [0.15, 0.2) is 0 Å². The lowest BCUT2D eigenvalue weighted by Crippen LogP contribution is -2.46. The van der Waals surface area contributed by atoms with E-state index in [4.69, 9.17) is 4.74 Å². The van der Waals surface area contributed by atoms with Crippen LogP contribution in [-0.4, -0.2) is 55.8 Å². The van der Waals surface area contributed by atoms with Crippen LogP contribution < -0.4 is 0 Å². The minimum absolute atomic E-state index is 0.293. The molecule has 0 aliphatic heterocycles. The number of ether oxygens (including phenoxy) is 3. The summed E-state index contributed by atoms with van der Waals surface area (Å²) in [6.45, 7) is 5.10. The van der Waals surface area contributed by atoms with E-state index < -0.39 is 29.7 Å². The topological polar surface area (TPSA) is 82.1 Å². The molecular formula is C12H21NO6. The zero-order valence-corrected chi connectivity index (χ0v) is 12.2. The Labute approximate surface area is 112 Å². The molecule has 0 aromatic carbocycles. The lowest BCUT2D eigenvalue weighted by molar-refractivity contribution is -0.152. The fraction of sp³-hybridized carbons (Fsp3) is 0.750. The third-order valence-corrected chi connectivity index (χ3v) is 2.21. The highest BCUT2D eigenvalue weighted by Crippen LogP contribution is 2.13. The molecule has 0 aliphatic rings. The molecule has 0 spiro atoms. The normalized spacial score (nSPS) is 12.3. The van der Waals surface area contributed by atoms with E-state index in [1.807, 2.05) is 0 Å². The summed E-state index contributed by atoms with van der Waals surface area (Å²) < 4.78 is 14.2. The minimum atomic E-state index is -1.08. The molecule has 110 valence electrons. The summed E-state index contributed by atoms with van der Waals surface area (Å²) in [6, 6.07) is -1.08. The first kappa shape index (κ1) is 17.2. The first-order valence-electron chi connectivity index (χ1n) is 5.72. The Bertz CT molecular complexity index is 347. The molecule has 0 N–H and O–H groups in total. The Hall–Kier alpha value is -1.79. The van der Waals surface area contributed by atoms with Gasteiger partial charge in [-0.25, -0.2) is 9.59 Å². The van der Waals surface area contributed by atoms with Gasteiger partial charge in [-0.1, -0.05) is 0 Å². The Morgan fingerprint density at radius 1 is 1.11 bits per heavy atom. The maximum Gasteiger partial charge on any atom is 0.410 e. The van der Waals surface area contributed by atoms with E-state index in [-0.39, 0.29) is 6.42 Å². The van der Waals surface area contributed by atoms with E-state index in [9.17, 15) is 14.4 Å². The molecule has 0 saturated heterocycles. The molecular weight excluding hydrogens is 254 g/mol. The maximum atomic E-state index is 11.8. The van der Waals surface area contributed by atoms with Crippen LogP contribution in [-0.2, 0) is 23.8 Å². The second-order valence-electron chi connectivity index (χ2n) is 4.91. The summed E-state index contributed by atoms with van der Waals surface area (Å²) in [4.78, 5) is 35.7. The molecule has 7 heteroatoms. The summed E-state index contributed by atoms with van der Waals surface area (Å²) in [6.07, 6.45) is -1.01. The summed E-state index contributed by atoms with van der Waals surface area (Å²) in [5, 5.41) is 0. The van der Waals surface area contributed by atoms with Crippen molar-refractivity contribution < 1.29 is 28.6 Å². The van der Waals surface area contributed by atoms with Crippen LogP contribution in [0.2, 0.25) is 0 Å². The van der Waals surface area contributed by atoms with E-state index in [1.54, 1.807) is 20.8 Å². The second kappa shape index (κ2) is 6.96. The van der Waals surface area contributed by atoms with Crippen molar-refractivity contribution in [1.82, 2.24) is 4.90 Å². The standard InChI is InChI=1S/C12H21NO6/c1-12(2,3)19-11(16)13(4)8(10(15)18-6)7-9(14)17-5/h8H,7H2,1-6H3/t8-/m0/s1. The van der Waals surface area contributed by atoms with Gasteiger partial charge in [0, 0.05) is 7.05 Å². The molecule has 7 nitrogen and oxygen atoms in total. The van der Waals surface area contributed by atoms with Gasteiger partial charge in [0.05, 0.1) is 20.6 Å². The molecule has 19 heavy (non-hydrogen) atoms. The highest BCUT2D eigenvalue weighted by molar-refractivity contribution is 5.86. The van der Waals surface area contributed by atoms with Crippen molar-refractivity contribution in [2.24, 2.45) is 0 Å². The first-order valence-corrected chi connectivity index (χ1v) is 5.72. The van der Waals surface area contributed by atoms with Crippen molar-refractivity contribution in [1.29, 1.82) is 0 Å². The Kier molecular flexibility index (Phi) is 6.31. The lowest BCUT2D eigenvalue weighted by atomic mass is 10.2. The summed E-state index contributed by atoms with van der Waals surface area (Å²) >= 11 is 0. The molecule has 0 unspecified atom stereocenters. The Balaban J connectivity index is 4.90. The Morgan fingerprint density at radius 3 is 2.00 bits per heavy atom. The predicted octanol–water partition coefficient (Wildman–Crippen LogP) is 0.958. The van der Waals surface area contributed by atoms with E-state index in [2.05, 4.69) is 9.47 Å². The molecule has 0 aliphatic carbocycles. The van der Waals surface area contributed by atoms with Gasteiger partial charge in [0.15, 0.2) is 0 Å². The highest BCUT2D eigenvalue weighted by Gasteiger charge is 2.33. The van der Waals surface area contributed by atoms with Crippen molar-refractivity contribution in [3.05, 3.63) is 0 Å². The van der Waals surface area contributed by atoms with Gasteiger partial charge in [-0.3, -0.25) is 9.69 Å².